The fraction of sp³-hybridized carbons (Fsp3) is 0.0882. The van der Waals surface area contributed by atoms with Crippen molar-refractivity contribution in [3.05, 3.63) is 131 Å². The maximum atomic E-state index is 13.0. The second kappa shape index (κ2) is 13.1. The standard InChI is InChI=1S/C34H28N2O6/c1-39-31-19-15-26(20-32(31)40-2)34(38)42-30-18-14-24-10-6-7-11-28(24)29(30)21-35-36-33(37)25-12-16-27(17-13-25)41-22-23-8-4-3-5-9-23/h3-21H,22H2,1-2H3,(H,36,37)/b35-21-. The topological polar surface area (TPSA) is 95.5 Å². The number of benzene rings is 5. The minimum Gasteiger partial charge on any atom is -0.493 e. The van der Waals surface area contributed by atoms with Crippen molar-refractivity contribution >= 4 is 28.9 Å². The van der Waals surface area contributed by atoms with Crippen molar-refractivity contribution in [1.82, 2.24) is 5.43 Å². The van der Waals surface area contributed by atoms with Crippen LogP contribution in [0.3, 0.4) is 0 Å². The van der Waals surface area contributed by atoms with Crippen molar-refractivity contribution in [2.45, 2.75) is 6.61 Å². The summed E-state index contributed by atoms with van der Waals surface area (Å²) in [6.07, 6.45) is 1.47. The monoisotopic (exact) mass is 560 g/mol. The first-order valence-electron chi connectivity index (χ1n) is 13.1. The van der Waals surface area contributed by atoms with E-state index >= 15 is 0 Å². The lowest BCUT2D eigenvalue weighted by atomic mass is 10.0. The minimum atomic E-state index is -0.584. The smallest absolute Gasteiger partial charge is 0.343 e. The van der Waals surface area contributed by atoms with Gasteiger partial charge < -0.3 is 18.9 Å². The highest BCUT2D eigenvalue weighted by molar-refractivity contribution is 6.04. The molecule has 1 amide bonds. The molecule has 0 spiro atoms. The summed E-state index contributed by atoms with van der Waals surface area (Å²) in [4.78, 5) is 25.8. The van der Waals surface area contributed by atoms with Gasteiger partial charge in [-0.2, -0.15) is 5.10 Å². The molecule has 0 radical (unpaired) electrons. The largest absolute Gasteiger partial charge is 0.493 e. The van der Waals surface area contributed by atoms with Gasteiger partial charge in [0.25, 0.3) is 5.91 Å². The number of esters is 1. The van der Waals surface area contributed by atoms with E-state index in [2.05, 4.69) is 10.5 Å². The van der Waals surface area contributed by atoms with Crippen LogP contribution in [0, 0.1) is 0 Å². The van der Waals surface area contributed by atoms with E-state index in [1.807, 2.05) is 60.7 Å². The quantitative estimate of drug-likeness (QED) is 0.0917. The van der Waals surface area contributed by atoms with Crippen LogP contribution < -0.4 is 24.4 Å². The minimum absolute atomic E-state index is 0.284. The third-order valence-electron chi connectivity index (χ3n) is 6.48. The van der Waals surface area contributed by atoms with Gasteiger partial charge >= 0.3 is 5.97 Å². The molecule has 0 fully saturated rings. The summed E-state index contributed by atoms with van der Waals surface area (Å²) >= 11 is 0. The zero-order valence-electron chi connectivity index (χ0n) is 23.1. The molecule has 0 bridgehead atoms. The van der Waals surface area contributed by atoms with E-state index in [0.717, 1.165) is 16.3 Å². The number of rotatable bonds is 10. The molecule has 0 saturated heterocycles. The van der Waals surface area contributed by atoms with Gasteiger partial charge in [-0.15, -0.1) is 0 Å². The third-order valence-corrected chi connectivity index (χ3v) is 6.48. The van der Waals surface area contributed by atoms with Gasteiger partial charge in [-0.25, -0.2) is 10.2 Å². The number of ether oxygens (including phenoxy) is 4. The molecule has 42 heavy (non-hydrogen) atoms. The Morgan fingerprint density at radius 1 is 0.738 bits per heavy atom. The van der Waals surface area contributed by atoms with E-state index in [4.69, 9.17) is 18.9 Å². The predicted molar refractivity (Wildman–Crippen MR) is 161 cm³/mol. The molecule has 0 heterocycles. The molecule has 0 saturated carbocycles. The van der Waals surface area contributed by atoms with Gasteiger partial charge in [-0.05, 0) is 64.9 Å². The highest BCUT2D eigenvalue weighted by Crippen LogP contribution is 2.30. The lowest BCUT2D eigenvalue weighted by molar-refractivity contribution is 0.0734. The highest BCUT2D eigenvalue weighted by Gasteiger charge is 2.16. The molecule has 8 heteroatoms. The molecule has 0 aliphatic rings. The molecule has 0 aliphatic heterocycles. The first kappa shape index (κ1) is 27.9. The SMILES string of the molecule is COc1ccc(C(=O)Oc2ccc3ccccc3c2/C=N\NC(=O)c2ccc(OCc3ccccc3)cc2)cc1OC. The van der Waals surface area contributed by atoms with Crippen molar-refractivity contribution in [1.29, 1.82) is 0 Å². The average Bonchev–Trinajstić information content (AvgIpc) is 3.04. The molecule has 0 unspecified atom stereocenters. The maximum absolute atomic E-state index is 13.0. The Kier molecular flexibility index (Phi) is 8.74. The van der Waals surface area contributed by atoms with Gasteiger partial charge in [0.2, 0.25) is 0 Å². The van der Waals surface area contributed by atoms with E-state index in [0.29, 0.717) is 35.0 Å². The van der Waals surface area contributed by atoms with Gasteiger partial charge in [0.05, 0.1) is 26.0 Å². The first-order valence-corrected chi connectivity index (χ1v) is 13.1. The number of carbonyl (C=O) groups is 2. The van der Waals surface area contributed by atoms with Crippen molar-refractivity contribution in [3.8, 4) is 23.0 Å². The van der Waals surface area contributed by atoms with Gasteiger partial charge in [-0.3, -0.25) is 4.79 Å². The van der Waals surface area contributed by atoms with Crippen molar-refractivity contribution in [3.63, 3.8) is 0 Å². The summed E-state index contributed by atoms with van der Waals surface area (Å²) in [5.74, 6) is 0.856. The van der Waals surface area contributed by atoms with E-state index in [1.54, 1.807) is 48.5 Å². The van der Waals surface area contributed by atoms with Crippen LogP contribution in [0.2, 0.25) is 0 Å². The summed E-state index contributed by atoms with van der Waals surface area (Å²) in [5, 5.41) is 5.89. The fourth-order valence-electron chi connectivity index (χ4n) is 4.28. The van der Waals surface area contributed by atoms with Gasteiger partial charge in [0, 0.05) is 11.1 Å². The van der Waals surface area contributed by atoms with Crippen molar-refractivity contribution < 1.29 is 28.5 Å². The van der Waals surface area contributed by atoms with Crippen LogP contribution in [0.15, 0.2) is 114 Å². The summed E-state index contributed by atoms with van der Waals surface area (Å²) in [6.45, 7) is 0.431. The Labute approximate surface area is 243 Å². The van der Waals surface area contributed by atoms with Crippen molar-refractivity contribution in [2.24, 2.45) is 5.10 Å². The molecule has 5 aromatic carbocycles. The number of methoxy groups -OCH3 is 2. The summed E-state index contributed by atoms with van der Waals surface area (Å²) in [5.41, 5.74) is 4.83. The lowest BCUT2D eigenvalue weighted by Gasteiger charge is -2.12. The van der Waals surface area contributed by atoms with Gasteiger partial charge in [0.15, 0.2) is 11.5 Å². The Balaban J connectivity index is 1.30. The molecule has 8 nitrogen and oxygen atoms in total. The molecule has 0 atom stereocenters. The van der Waals surface area contributed by atoms with Gasteiger partial charge in [-0.1, -0.05) is 60.7 Å². The van der Waals surface area contributed by atoms with Crippen LogP contribution in [-0.4, -0.2) is 32.3 Å². The molecular formula is C34H28N2O6. The Bertz CT molecular complexity index is 1730. The van der Waals surface area contributed by atoms with Crippen LogP contribution in [0.1, 0.15) is 31.8 Å². The van der Waals surface area contributed by atoms with Crippen LogP contribution in [-0.2, 0) is 6.61 Å². The molecule has 0 aliphatic carbocycles. The lowest BCUT2D eigenvalue weighted by Crippen LogP contribution is -2.17. The maximum Gasteiger partial charge on any atom is 0.343 e. The van der Waals surface area contributed by atoms with Crippen LogP contribution >= 0.6 is 0 Å². The second-order valence-corrected chi connectivity index (χ2v) is 9.16. The molecule has 5 rings (SSSR count). The average molecular weight is 561 g/mol. The summed E-state index contributed by atoms with van der Waals surface area (Å²) in [6, 6.07) is 32.6. The molecule has 0 aromatic heterocycles. The molecule has 5 aromatic rings. The number of amides is 1. The number of nitrogens with one attached hydrogen (secondary N) is 1. The number of hydrogen-bond acceptors (Lipinski definition) is 7. The van der Waals surface area contributed by atoms with Crippen molar-refractivity contribution in [2.75, 3.05) is 14.2 Å². The fourth-order valence-corrected chi connectivity index (χ4v) is 4.28. The summed E-state index contributed by atoms with van der Waals surface area (Å²) in [7, 11) is 3.01. The van der Waals surface area contributed by atoms with E-state index < -0.39 is 11.9 Å². The number of carbonyl (C=O) groups excluding carboxylic acids is 2. The van der Waals surface area contributed by atoms with Crippen LogP contribution in [0.4, 0.5) is 0 Å². The molecular weight excluding hydrogens is 532 g/mol. The molecule has 1 N–H and O–H groups in total. The zero-order chi connectivity index (χ0) is 29.3. The number of hydrazone groups is 1. The normalized spacial score (nSPS) is 10.8. The van der Waals surface area contributed by atoms with E-state index in [-0.39, 0.29) is 11.3 Å². The third kappa shape index (κ3) is 6.56. The summed E-state index contributed by atoms with van der Waals surface area (Å²) < 4.78 is 22.1. The number of nitrogens with zero attached hydrogens (tertiary/aromatic N) is 1. The Hall–Kier alpha value is -5.63. The van der Waals surface area contributed by atoms with Gasteiger partial charge in [0.1, 0.15) is 18.1 Å². The van der Waals surface area contributed by atoms with Crippen LogP contribution in [0.5, 0.6) is 23.0 Å². The Morgan fingerprint density at radius 3 is 2.19 bits per heavy atom. The second-order valence-electron chi connectivity index (χ2n) is 9.16. The van der Waals surface area contributed by atoms with E-state index in [9.17, 15) is 9.59 Å². The van der Waals surface area contributed by atoms with Crippen LogP contribution in [0.25, 0.3) is 10.8 Å². The number of fused-ring (bicyclic) bond motifs is 1. The number of hydrogen-bond donors (Lipinski definition) is 1. The highest BCUT2D eigenvalue weighted by atomic mass is 16.5. The van der Waals surface area contributed by atoms with E-state index in [1.165, 1.54) is 20.4 Å². The molecule has 210 valence electrons. The zero-order valence-corrected chi connectivity index (χ0v) is 23.1. The Morgan fingerprint density at radius 2 is 1.43 bits per heavy atom. The first-order chi connectivity index (χ1) is 20.6. The predicted octanol–water partition coefficient (Wildman–Crippen LogP) is 6.42.